The van der Waals surface area contributed by atoms with Crippen molar-refractivity contribution in [2.75, 3.05) is 33.3 Å². The lowest BCUT2D eigenvalue weighted by atomic mass is 9.95. The molecule has 1 aliphatic heterocycles. The van der Waals surface area contributed by atoms with Gasteiger partial charge in [-0.1, -0.05) is 101 Å². The number of methoxy groups -OCH3 is 1. The number of urea groups is 2. The predicted molar refractivity (Wildman–Crippen MR) is 238 cm³/mol. The van der Waals surface area contributed by atoms with Crippen LogP contribution in [0, 0.1) is 18.3 Å². The van der Waals surface area contributed by atoms with Crippen molar-refractivity contribution in [1.82, 2.24) is 35.4 Å². The van der Waals surface area contributed by atoms with E-state index in [1.54, 1.807) is 46.2 Å². The quantitative estimate of drug-likeness (QED) is 0.0849. The van der Waals surface area contributed by atoms with Gasteiger partial charge in [0.15, 0.2) is 0 Å². The Labute approximate surface area is 370 Å². The average molecular weight is 870 g/mol. The summed E-state index contributed by atoms with van der Waals surface area (Å²) in [6.45, 7) is 12.5. The van der Waals surface area contributed by atoms with Crippen LogP contribution in [0.25, 0.3) is 0 Å². The van der Waals surface area contributed by atoms with Crippen LogP contribution >= 0.6 is 11.6 Å². The molecule has 62 heavy (non-hydrogen) atoms. The van der Waals surface area contributed by atoms with Crippen LogP contribution in [0.1, 0.15) is 63.6 Å². The van der Waals surface area contributed by atoms with Gasteiger partial charge in [0.25, 0.3) is 0 Å². The summed E-state index contributed by atoms with van der Waals surface area (Å²) >= 11 is 6.08. The summed E-state index contributed by atoms with van der Waals surface area (Å²) < 4.78 is 11.1. The maximum absolute atomic E-state index is 14.6. The second-order valence-corrected chi connectivity index (χ2v) is 17.4. The number of aryl methyl sites for hydroxylation is 1. The van der Waals surface area contributed by atoms with E-state index in [-0.39, 0.29) is 38.0 Å². The lowest BCUT2D eigenvalue weighted by Gasteiger charge is -2.35. The van der Waals surface area contributed by atoms with Crippen molar-refractivity contribution in [1.29, 1.82) is 0 Å². The smallest absolute Gasteiger partial charge is 0.417 e. The lowest BCUT2D eigenvalue weighted by molar-refractivity contribution is -0.128. The van der Waals surface area contributed by atoms with Crippen molar-refractivity contribution >= 4 is 35.7 Å². The summed E-state index contributed by atoms with van der Waals surface area (Å²) in [5, 5.41) is 17.4. The number of aromatic nitrogens is 1. The number of aliphatic hydroxyl groups is 1. The van der Waals surface area contributed by atoms with Gasteiger partial charge in [-0.3, -0.25) is 15.2 Å². The molecule has 2 heterocycles. The number of halogens is 1. The molecule has 3 N–H and O–H groups in total. The van der Waals surface area contributed by atoms with Crippen molar-refractivity contribution in [2.24, 2.45) is 11.3 Å². The Hall–Kier alpha value is -5.70. The number of aliphatic hydroxyl groups excluding tert-OH is 1. The van der Waals surface area contributed by atoms with Gasteiger partial charge in [-0.15, -0.1) is 0 Å². The second-order valence-electron chi connectivity index (χ2n) is 17.0. The Morgan fingerprint density at radius 1 is 0.935 bits per heavy atom. The number of hydrazine groups is 1. The Balaban J connectivity index is 1.42. The van der Waals surface area contributed by atoms with E-state index in [2.05, 4.69) is 15.7 Å². The summed E-state index contributed by atoms with van der Waals surface area (Å²) in [6, 6.07) is 26.7. The molecule has 1 fully saturated rings. The molecule has 0 saturated carbocycles. The number of hydrogen-bond acceptors (Lipinski definition) is 9. The van der Waals surface area contributed by atoms with Crippen LogP contribution in [0.4, 0.5) is 14.4 Å². The molecule has 0 bridgehead atoms. The van der Waals surface area contributed by atoms with Crippen LogP contribution < -0.4 is 15.5 Å². The maximum Gasteiger partial charge on any atom is 0.417 e. The SMILES string of the molecule is CCC(C)C(C(=O)NC(Cc1ccccc1)C(O)CN(Cc1cccc(Oc2ccc(Cl)cc2)c1)NC(=O)N(CC(C)(C)C)C(=O)OC)N1CCN(Cc2cccc(C)n2)C1=O. The zero-order chi connectivity index (χ0) is 45.0. The molecule has 1 saturated heterocycles. The maximum atomic E-state index is 14.6. The fourth-order valence-corrected chi connectivity index (χ4v) is 7.43. The van der Waals surface area contributed by atoms with Gasteiger partial charge in [0, 0.05) is 43.4 Å². The molecule has 14 nitrogen and oxygen atoms in total. The van der Waals surface area contributed by atoms with E-state index in [0.717, 1.165) is 21.9 Å². The van der Waals surface area contributed by atoms with E-state index in [0.29, 0.717) is 48.1 Å². The highest BCUT2D eigenvalue weighted by atomic mass is 35.5. The minimum atomic E-state index is -1.27. The third kappa shape index (κ3) is 13.7. The first-order chi connectivity index (χ1) is 29.5. The number of amides is 6. The van der Waals surface area contributed by atoms with Gasteiger partial charge in [0.2, 0.25) is 5.91 Å². The largest absolute Gasteiger partial charge is 0.457 e. The van der Waals surface area contributed by atoms with Crippen LogP contribution in [0.3, 0.4) is 0 Å². The molecule has 3 aromatic carbocycles. The number of pyridine rings is 1. The number of hydrogen-bond donors (Lipinski definition) is 3. The first kappa shape index (κ1) is 47.4. The summed E-state index contributed by atoms with van der Waals surface area (Å²) in [5.41, 5.74) is 5.56. The van der Waals surface area contributed by atoms with E-state index >= 15 is 0 Å². The van der Waals surface area contributed by atoms with Crippen LogP contribution in [0.15, 0.2) is 97.1 Å². The zero-order valence-electron chi connectivity index (χ0n) is 36.7. The monoisotopic (exact) mass is 869 g/mol. The molecule has 4 aromatic rings. The van der Waals surface area contributed by atoms with Gasteiger partial charge in [0.05, 0.1) is 31.5 Å². The van der Waals surface area contributed by atoms with Gasteiger partial charge in [-0.25, -0.2) is 24.3 Å². The molecule has 5 rings (SSSR count). The van der Waals surface area contributed by atoms with Crippen LogP contribution in [0.5, 0.6) is 11.5 Å². The number of ether oxygens (including phenoxy) is 2. The number of carbonyl (C=O) groups is 4. The first-order valence-corrected chi connectivity index (χ1v) is 21.3. The molecule has 0 aliphatic carbocycles. The lowest BCUT2D eigenvalue weighted by Crippen LogP contribution is -2.59. The fourth-order valence-electron chi connectivity index (χ4n) is 7.31. The van der Waals surface area contributed by atoms with Crippen molar-refractivity contribution in [2.45, 2.75) is 85.7 Å². The van der Waals surface area contributed by atoms with Crippen LogP contribution in [-0.4, -0.2) is 105 Å². The average Bonchev–Trinajstić information content (AvgIpc) is 3.58. The summed E-state index contributed by atoms with van der Waals surface area (Å²) in [6.07, 6.45) is -1.24. The summed E-state index contributed by atoms with van der Waals surface area (Å²) in [4.78, 5) is 64.3. The van der Waals surface area contributed by atoms with Gasteiger partial charge < -0.3 is 29.7 Å². The second kappa shape index (κ2) is 21.9. The number of rotatable bonds is 18. The zero-order valence-corrected chi connectivity index (χ0v) is 37.5. The third-order valence-electron chi connectivity index (χ3n) is 10.6. The summed E-state index contributed by atoms with van der Waals surface area (Å²) in [7, 11) is 1.21. The molecule has 1 aliphatic rings. The Kier molecular flexibility index (Phi) is 16.7. The highest BCUT2D eigenvalue weighted by Gasteiger charge is 2.41. The van der Waals surface area contributed by atoms with Crippen molar-refractivity contribution in [3.63, 3.8) is 0 Å². The van der Waals surface area contributed by atoms with E-state index in [1.807, 2.05) is 102 Å². The standard InChI is InChI=1S/C47H60ClN7O7/c1-8-32(2)42(54-25-24-52(45(54)59)29-37-18-12-14-33(3)49-37)43(57)50-40(27-34-15-10-9-11-16-34)41(56)30-53(51-44(58)55(46(60)61-7)31-47(4,5)6)28-35-17-13-19-39(26-35)62-38-22-20-36(48)21-23-38/h9-23,26,32,40-42,56H,8,24-25,27-31H2,1-7H3,(H,50,57)(H,51,58). The number of nitrogens with one attached hydrogen (secondary N) is 2. The van der Waals surface area contributed by atoms with Crippen molar-refractivity contribution in [3.8, 4) is 11.5 Å². The fraction of sp³-hybridized carbons (Fsp3) is 0.426. The Bertz CT molecular complexity index is 2120. The van der Waals surface area contributed by atoms with Crippen molar-refractivity contribution in [3.05, 3.63) is 125 Å². The van der Waals surface area contributed by atoms with E-state index in [1.165, 1.54) is 12.1 Å². The number of carbonyl (C=O) groups excluding carboxylic acids is 4. The molecule has 0 spiro atoms. The minimum Gasteiger partial charge on any atom is -0.457 e. The summed E-state index contributed by atoms with van der Waals surface area (Å²) in [5.74, 6) is 0.490. The van der Waals surface area contributed by atoms with E-state index in [9.17, 15) is 24.3 Å². The van der Waals surface area contributed by atoms with Crippen molar-refractivity contribution < 1.29 is 33.8 Å². The molecule has 0 radical (unpaired) electrons. The number of imide groups is 1. The van der Waals surface area contributed by atoms with Crippen LogP contribution in [-0.2, 0) is 29.0 Å². The normalized spacial score (nSPS) is 14.8. The topological polar surface area (TPSA) is 157 Å². The number of benzene rings is 3. The molecular weight excluding hydrogens is 810 g/mol. The molecule has 15 heteroatoms. The Morgan fingerprint density at radius 2 is 1.63 bits per heavy atom. The van der Waals surface area contributed by atoms with Gasteiger partial charge in [-0.05, 0) is 84.3 Å². The molecule has 1 aromatic heterocycles. The highest BCUT2D eigenvalue weighted by molar-refractivity contribution is 6.30. The predicted octanol–water partition coefficient (Wildman–Crippen LogP) is 7.82. The van der Waals surface area contributed by atoms with Gasteiger partial charge >= 0.3 is 18.2 Å². The van der Waals surface area contributed by atoms with E-state index in [4.69, 9.17) is 21.1 Å². The molecule has 4 atom stereocenters. The Morgan fingerprint density at radius 3 is 2.29 bits per heavy atom. The molecule has 6 amide bonds. The van der Waals surface area contributed by atoms with Gasteiger partial charge in [-0.2, -0.15) is 0 Å². The minimum absolute atomic E-state index is 0.0458. The number of nitrogens with zero attached hydrogens (tertiary/aromatic N) is 5. The highest BCUT2D eigenvalue weighted by Crippen LogP contribution is 2.26. The first-order valence-electron chi connectivity index (χ1n) is 21.0. The molecule has 4 unspecified atom stereocenters. The molecular formula is C47H60ClN7O7. The molecule has 332 valence electrons. The van der Waals surface area contributed by atoms with Crippen LogP contribution in [0.2, 0.25) is 5.02 Å². The van der Waals surface area contributed by atoms with E-state index < -0.39 is 41.6 Å². The van der Waals surface area contributed by atoms with Gasteiger partial charge in [0.1, 0.15) is 17.5 Å². The third-order valence-corrected chi connectivity index (χ3v) is 10.8.